The van der Waals surface area contributed by atoms with Gasteiger partial charge in [0.1, 0.15) is 0 Å². The lowest BCUT2D eigenvalue weighted by Gasteiger charge is -2.30. The predicted molar refractivity (Wildman–Crippen MR) is 47.9 cm³/mol. The highest BCUT2D eigenvalue weighted by Gasteiger charge is 2.36. The van der Waals surface area contributed by atoms with Crippen LogP contribution in [-0.4, -0.2) is 30.1 Å². The predicted octanol–water partition coefficient (Wildman–Crippen LogP) is 1.05. The molecule has 0 saturated carbocycles. The van der Waals surface area contributed by atoms with E-state index in [1.807, 2.05) is 4.90 Å². The molecule has 2 atom stereocenters. The number of carbonyl (C=O) groups is 1. The molecule has 2 heterocycles. The normalized spacial score (nSPS) is 30.7. The zero-order valence-electron chi connectivity index (χ0n) is 7.69. The largest absolute Gasteiger partial charge is 0.342 e. The molecule has 2 amide bonds. The van der Waals surface area contributed by atoms with Crippen LogP contribution in [0.1, 0.15) is 19.3 Å². The number of nitrogens with zero attached hydrogens (tertiary/aromatic N) is 1. The van der Waals surface area contributed by atoms with E-state index in [2.05, 4.69) is 22.5 Å². The summed E-state index contributed by atoms with van der Waals surface area (Å²) < 4.78 is 0. The third-order valence-corrected chi connectivity index (χ3v) is 2.74. The summed E-state index contributed by atoms with van der Waals surface area (Å²) in [4.78, 5) is 18.0. The van der Waals surface area contributed by atoms with Crippen LogP contribution in [0.25, 0.3) is 0 Å². The molecule has 2 aliphatic heterocycles. The summed E-state index contributed by atoms with van der Waals surface area (Å²) in [5.41, 5.74) is 2.37. The van der Waals surface area contributed by atoms with Crippen LogP contribution in [0.2, 0.25) is 0 Å². The minimum atomic E-state index is -0.112. The average molecular weight is 182 g/mol. The van der Waals surface area contributed by atoms with Crippen LogP contribution in [0.4, 0.5) is 4.79 Å². The molecule has 0 aromatic rings. The van der Waals surface area contributed by atoms with Crippen molar-refractivity contribution in [3.8, 4) is 0 Å². The Balaban J connectivity index is 2.07. The molecule has 4 heteroatoms. The van der Waals surface area contributed by atoms with Gasteiger partial charge in [0.2, 0.25) is 0 Å². The first-order valence-corrected chi connectivity index (χ1v) is 4.61. The van der Waals surface area contributed by atoms with Crippen molar-refractivity contribution in [2.24, 2.45) is 0 Å². The number of carbonyl (C=O) groups excluding carboxylic acids is 1. The van der Waals surface area contributed by atoms with Gasteiger partial charge >= 0.3 is 6.03 Å². The number of amides is 2. The van der Waals surface area contributed by atoms with E-state index in [0.29, 0.717) is 6.04 Å². The van der Waals surface area contributed by atoms with Crippen LogP contribution < -0.4 is 5.48 Å². The van der Waals surface area contributed by atoms with Gasteiger partial charge in [-0.25, -0.2) is 10.3 Å². The maximum absolute atomic E-state index is 11.5. The van der Waals surface area contributed by atoms with Crippen molar-refractivity contribution < 1.29 is 9.63 Å². The number of fused-ring (bicyclic) bond motifs is 2. The lowest BCUT2D eigenvalue weighted by atomic mass is 10.1. The number of nitrogens with one attached hydrogen (secondary N) is 1. The van der Waals surface area contributed by atoms with Crippen LogP contribution in [0.15, 0.2) is 12.2 Å². The maximum Gasteiger partial charge on any atom is 0.342 e. The number of urea groups is 1. The third kappa shape index (κ3) is 1.42. The molecule has 0 spiro atoms. The van der Waals surface area contributed by atoms with Crippen LogP contribution in [0, 0.1) is 0 Å². The number of hydrogen-bond acceptors (Lipinski definition) is 2. The standard InChI is InChI=1S/C9H14N2O2/c1-13-10-9(12)11-7-3-2-4-8(11)6-5-7/h2-3,7-8H,4-6H2,1H3,(H,10,12). The average Bonchev–Trinajstić information content (AvgIpc) is 2.37. The Morgan fingerprint density at radius 2 is 2.46 bits per heavy atom. The van der Waals surface area contributed by atoms with Gasteiger partial charge in [0, 0.05) is 6.04 Å². The van der Waals surface area contributed by atoms with E-state index in [-0.39, 0.29) is 12.1 Å². The second-order valence-electron chi connectivity index (χ2n) is 3.48. The molecule has 4 nitrogen and oxygen atoms in total. The maximum atomic E-state index is 11.5. The van der Waals surface area contributed by atoms with Gasteiger partial charge in [0.05, 0.1) is 13.2 Å². The van der Waals surface area contributed by atoms with Crippen molar-refractivity contribution >= 4 is 6.03 Å². The lowest BCUT2D eigenvalue weighted by molar-refractivity contribution is 0.0791. The van der Waals surface area contributed by atoms with E-state index < -0.39 is 0 Å². The molecular formula is C9H14N2O2. The Morgan fingerprint density at radius 1 is 1.62 bits per heavy atom. The van der Waals surface area contributed by atoms with Crippen molar-refractivity contribution in [1.82, 2.24) is 10.4 Å². The van der Waals surface area contributed by atoms with Crippen LogP contribution >= 0.6 is 0 Å². The summed E-state index contributed by atoms with van der Waals surface area (Å²) in [6.07, 6.45) is 7.44. The summed E-state index contributed by atoms with van der Waals surface area (Å²) in [5, 5.41) is 0. The van der Waals surface area contributed by atoms with Crippen molar-refractivity contribution in [2.75, 3.05) is 7.11 Å². The van der Waals surface area contributed by atoms with Gasteiger partial charge in [-0.2, -0.15) is 0 Å². The fraction of sp³-hybridized carbons (Fsp3) is 0.667. The summed E-state index contributed by atoms with van der Waals surface area (Å²) in [6, 6.07) is 0.554. The molecule has 0 aromatic heterocycles. The van der Waals surface area contributed by atoms with Gasteiger partial charge in [-0.05, 0) is 19.3 Å². The SMILES string of the molecule is CONC(=O)N1C2C=CCC1CC2. The van der Waals surface area contributed by atoms with Crippen LogP contribution in [0.5, 0.6) is 0 Å². The minimum absolute atomic E-state index is 0.112. The summed E-state index contributed by atoms with van der Waals surface area (Å²) >= 11 is 0. The fourth-order valence-electron chi connectivity index (χ4n) is 2.18. The molecular weight excluding hydrogens is 168 g/mol. The molecule has 13 heavy (non-hydrogen) atoms. The molecule has 1 fully saturated rings. The Kier molecular flexibility index (Phi) is 2.22. The van der Waals surface area contributed by atoms with E-state index >= 15 is 0 Å². The molecule has 2 unspecified atom stereocenters. The van der Waals surface area contributed by atoms with Crippen molar-refractivity contribution in [1.29, 1.82) is 0 Å². The lowest BCUT2D eigenvalue weighted by Crippen LogP contribution is -2.47. The number of rotatable bonds is 1. The summed E-state index contributed by atoms with van der Waals surface area (Å²) in [7, 11) is 1.46. The Bertz CT molecular complexity index is 240. The van der Waals surface area contributed by atoms with Crippen molar-refractivity contribution in [3.05, 3.63) is 12.2 Å². The second kappa shape index (κ2) is 3.38. The Hall–Kier alpha value is -1.03. The second-order valence-corrected chi connectivity index (χ2v) is 3.48. The third-order valence-electron chi connectivity index (χ3n) is 2.74. The van der Waals surface area contributed by atoms with E-state index in [1.54, 1.807) is 0 Å². The van der Waals surface area contributed by atoms with Crippen molar-refractivity contribution in [3.63, 3.8) is 0 Å². The molecule has 1 N–H and O–H groups in total. The molecule has 0 aliphatic carbocycles. The van der Waals surface area contributed by atoms with Crippen LogP contribution in [0.3, 0.4) is 0 Å². The molecule has 0 radical (unpaired) electrons. The Morgan fingerprint density at radius 3 is 3.15 bits per heavy atom. The molecule has 2 rings (SSSR count). The number of hydroxylamine groups is 1. The van der Waals surface area contributed by atoms with Gasteiger partial charge in [-0.3, -0.25) is 4.84 Å². The molecule has 2 aliphatic rings. The topological polar surface area (TPSA) is 41.6 Å². The molecule has 1 saturated heterocycles. The monoisotopic (exact) mass is 182 g/mol. The van der Waals surface area contributed by atoms with Gasteiger partial charge < -0.3 is 4.90 Å². The quantitative estimate of drug-likeness (QED) is 0.486. The first-order chi connectivity index (χ1) is 6.33. The number of hydrogen-bond donors (Lipinski definition) is 1. The highest BCUT2D eigenvalue weighted by Crippen LogP contribution is 2.31. The van der Waals surface area contributed by atoms with Crippen molar-refractivity contribution in [2.45, 2.75) is 31.3 Å². The van der Waals surface area contributed by atoms with Crippen LogP contribution in [-0.2, 0) is 4.84 Å². The first-order valence-electron chi connectivity index (χ1n) is 4.61. The zero-order valence-corrected chi connectivity index (χ0v) is 7.69. The van der Waals surface area contributed by atoms with Gasteiger partial charge in [0.25, 0.3) is 0 Å². The highest BCUT2D eigenvalue weighted by molar-refractivity contribution is 5.74. The highest BCUT2D eigenvalue weighted by atomic mass is 16.6. The van der Waals surface area contributed by atoms with Gasteiger partial charge in [0.15, 0.2) is 0 Å². The van der Waals surface area contributed by atoms with E-state index in [9.17, 15) is 4.79 Å². The van der Waals surface area contributed by atoms with E-state index in [1.165, 1.54) is 7.11 Å². The molecule has 2 bridgehead atoms. The fourth-order valence-corrected chi connectivity index (χ4v) is 2.18. The van der Waals surface area contributed by atoms with E-state index in [4.69, 9.17) is 0 Å². The molecule has 0 aromatic carbocycles. The summed E-state index contributed by atoms with van der Waals surface area (Å²) in [6.45, 7) is 0. The molecule has 72 valence electrons. The first kappa shape index (κ1) is 8.56. The van der Waals surface area contributed by atoms with Gasteiger partial charge in [-0.15, -0.1) is 0 Å². The summed E-state index contributed by atoms with van der Waals surface area (Å²) in [5.74, 6) is 0. The smallest absolute Gasteiger partial charge is 0.313 e. The minimum Gasteiger partial charge on any atom is -0.313 e. The Labute approximate surface area is 77.5 Å². The zero-order chi connectivity index (χ0) is 9.26. The van der Waals surface area contributed by atoms with E-state index in [0.717, 1.165) is 19.3 Å². The van der Waals surface area contributed by atoms with Gasteiger partial charge in [-0.1, -0.05) is 12.2 Å².